The SMILES string of the molecule is CNC(CSc1nc2ccc(C)cc2[nH]1)C1CC1. The fraction of sp³-hybridized carbons (Fsp3) is 0.500. The van der Waals surface area contributed by atoms with Crippen LogP contribution >= 0.6 is 11.8 Å². The quantitative estimate of drug-likeness (QED) is 0.813. The molecule has 3 rings (SSSR count). The van der Waals surface area contributed by atoms with Gasteiger partial charge in [-0.05, 0) is 50.4 Å². The maximum Gasteiger partial charge on any atom is 0.166 e. The van der Waals surface area contributed by atoms with E-state index in [1.165, 1.54) is 18.4 Å². The molecule has 1 aromatic carbocycles. The van der Waals surface area contributed by atoms with Gasteiger partial charge in [0.25, 0.3) is 0 Å². The topological polar surface area (TPSA) is 40.7 Å². The van der Waals surface area contributed by atoms with E-state index in [0.717, 1.165) is 27.9 Å². The Kier molecular flexibility index (Phi) is 3.31. The molecule has 1 fully saturated rings. The van der Waals surface area contributed by atoms with Crippen molar-refractivity contribution >= 4 is 22.8 Å². The second-order valence-corrected chi connectivity index (χ2v) is 6.11. The first-order valence-electron chi connectivity index (χ1n) is 6.52. The number of aromatic nitrogens is 2. The molecule has 0 amide bonds. The number of benzene rings is 1. The van der Waals surface area contributed by atoms with Crippen LogP contribution in [0.25, 0.3) is 11.0 Å². The van der Waals surface area contributed by atoms with Gasteiger partial charge in [0, 0.05) is 11.8 Å². The standard InChI is InChI=1S/C14H19N3S/c1-9-3-6-11-12(7-9)17-14(16-11)18-8-13(15-2)10-4-5-10/h3,6-7,10,13,15H,4-5,8H2,1-2H3,(H,16,17). The van der Waals surface area contributed by atoms with Gasteiger partial charge in [-0.1, -0.05) is 17.8 Å². The zero-order valence-electron chi connectivity index (χ0n) is 10.9. The van der Waals surface area contributed by atoms with Crippen molar-refractivity contribution in [3.63, 3.8) is 0 Å². The van der Waals surface area contributed by atoms with Gasteiger partial charge in [-0.3, -0.25) is 0 Å². The van der Waals surface area contributed by atoms with Gasteiger partial charge >= 0.3 is 0 Å². The van der Waals surface area contributed by atoms with E-state index in [1.54, 1.807) is 0 Å². The van der Waals surface area contributed by atoms with Crippen LogP contribution in [0, 0.1) is 12.8 Å². The number of H-pyrrole nitrogens is 1. The van der Waals surface area contributed by atoms with Crippen molar-refractivity contribution in [2.24, 2.45) is 5.92 Å². The first kappa shape index (κ1) is 12.1. The molecule has 4 heteroatoms. The van der Waals surface area contributed by atoms with Crippen molar-refractivity contribution in [2.45, 2.75) is 31.0 Å². The fourth-order valence-electron chi connectivity index (χ4n) is 2.29. The molecule has 1 heterocycles. The van der Waals surface area contributed by atoms with Crippen LogP contribution in [0.5, 0.6) is 0 Å². The van der Waals surface area contributed by atoms with Gasteiger partial charge in [-0.2, -0.15) is 0 Å². The predicted octanol–water partition coefficient (Wildman–Crippen LogP) is 2.96. The molecule has 1 atom stereocenters. The Morgan fingerprint density at radius 3 is 3.06 bits per heavy atom. The van der Waals surface area contributed by atoms with E-state index in [4.69, 9.17) is 0 Å². The van der Waals surface area contributed by atoms with Gasteiger partial charge in [0.2, 0.25) is 0 Å². The van der Waals surface area contributed by atoms with Crippen molar-refractivity contribution in [1.82, 2.24) is 15.3 Å². The molecule has 0 saturated heterocycles. The molecule has 18 heavy (non-hydrogen) atoms. The number of thioether (sulfide) groups is 1. The van der Waals surface area contributed by atoms with Crippen molar-refractivity contribution in [1.29, 1.82) is 0 Å². The average Bonchev–Trinajstić information content (AvgIpc) is 3.10. The third-order valence-corrected chi connectivity index (χ3v) is 4.57. The normalized spacial score (nSPS) is 17.2. The minimum absolute atomic E-state index is 0.630. The summed E-state index contributed by atoms with van der Waals surface area (Å²) in [6.45, 7) is 2.11. The molecule has 2 N–H and O–H groups in total. The van der Waals surface area contributed by atoms with Gasteiger partial charge in [-0.15, -0.1) is 0 Å². The number of imidazole rings is 1. The molecule has 3 nitrogen and oxygen atoms in total. The monoisotopic (exact) mass is 261 g/mol. The van der Waals surface area contributed by atoms with Crippen LogP contribution in [0.15, 0.2) is 23.4 Å². The summed E-state index contributed by atoms with van der Waals surface area (Å²) in [6.07, 6.45) is 2.76. The molecule has 0 bridgehead atoms. The Bertz CT molecular complexity index is 545. The van der Waals surface area contributed by atoms with Gasteiger partial charge in [0.05, 0.1) is 11.0 Å². The number of hydrogen-bond acceptors (Lipinski definition) is 3. The van der Waals surface area contributed by atoms with E-state index in [0.29, 0.717) is 6.04 Å². The number of nitrogens with one attached hydrogen (secondary N) is 2. The van der Waals surface area contributed by atoms with E-state index < -0.39 is 0 Å². The lowest BCUT2D eigenvalue weighted by molar-refractivity contribution is 0.553. The van der Waals surface area contributed by atoms with Crippen LogP contribution in [-0.4, -0.2) is 28.8 Å². The summed E-state index contributed by atoms with van der Waals surface area (Å²) >= 11 is 1.82. The van der Waals surface area contributed by atoms with E-state index in [2.05, 4.69) is 47.5 Å². The lowest BCUT2D eigenvalue weighted by Gasteiger charge is -2.13. The molecule has 2 aromatic rings. The maximum absolute atomic E-state index is 4.62. The molecule has 1 unspecified atom stereocenters. The Balaban J connectivity index is 1.70. The summed E-state index contributed by atoms with van der Waals surface area (Å²) in [7, 11) is 2.06. The van der Waals surface area contributed by atoms with Gasteiger partial charge in [-0.25, -0.2) is 4.98 Å². The molecule has 1 saturated carbocycles. The summed E-state index contributed by atoms with van der Waals surface area (Å²) in [4.78, 5) is 8.02. The highest BCUT2D eigenvalue weighted by atomic mass is 32.2. The van der Waals surface area contributed by atoms with Gasteiger partial charge < -0.3 is 10.3 Å². The summed E-state index contributed by atoms with van der Waals surface area (Å²) in [5.41, 5.74) is 3.48. The zero-order chi connectivity index (χ0) is 12.5. The van der Waals surface area contributed by atoms with E-state index in [-0.39, 0.29) is 0 Å². The van der Waals surface area contributed by atoms with E-state index in [1.807, 2.05) is 11.8 Å². The largest absolute Gasteiger partial charge is 0.333 e. The maximum atomic E-state index is 4.62. The van der Waals surface area contributed by atoms with Crippen LogP contribution in [0.2, 0.25) is 0 Å². The van der Waals surface area contributed by atoms with Gasteiger partial charge in [0.15, 0.2) is 5.16 Å². The molecule has 1 aliphatic carbocycles. The average molecular weight is 261 g/mol. The summed E-state index contributed by atoms with van der Waals surface area (Å²) < 4.78 is 0. The molecule has 96 valence electrons. The van der Waals surface area contributed by atoms with Crippen LogP contribution in [-0.2, 0) is 0 Å². The summed E-state index contributed by atoms with van der Waals surface area (Å²) in [5, 5.41) is 4.45. The molecule has 0 radical (unpaired) electrons. The van der Waals surface area contributed by atoms with Crippen molar-refractivity contribution in [3.8, 4) is 0 Å². The first-order chi connectivity index (χ1) is 8.76. The van der Waals surface area contributed by atoms with Crippen LogP contribution in [0.1, 0.15) is 18.4 Å². The molecular formula is C14H19N3S. The highest BCUT2D eigenvalue weighted by Gasteiger charge is 2.30. The molecular weight excluding hydrogens is 242 g/mol. The van der Waals surface area contributed by atoms with E-state index >= 15 is 0 Å². The lowest BCUT2D eigenvalue weighted by Crippen LogP contribution is -2.29. The highest BCUT2D eigenvalue weighted by Crippen LogP contribution is 2.34. The molecule has 1 aromatic heterocycles. The number of fused-ring (bicyclic) bond motifs is 1. The highest BCUT2D eigenvalue weighted by molar-refractivity contribution is 7.99. The number of rotatable bonds is 5. The summed E-state index contributed by atoms with van der Waals surface area (Å²) in [6, 6.07) is 6.98. The van der Waals surface area contributed by atoms with Crippen LogP contribution < -0.4 is 5.32 Å². The predicted molar refractivity (Wildman–Crippen MR) is 77.1 cm³/mol. The second-order valence-electron chi connectivity index (χ2n) is 5.11. The van der Waals surface area contributed by atoms with Crippen molar-refractivity contribution < 1.29 is 0 Å². The third-order valence-electron chi connectivity index (χ3n) is 3.58. The molecule has 1 aliphatic rings. The smallest absolute Gasteiger partial charge is 0.166 e. The minimum Gasteiger partial charge on any atom is -0.333 e. The van der Waals surface area contributed by atoms with Crippen molar-refractivity contribution in [3.05, 3.63) is 23.8 Å². The third kappa shape index (κ3) is 2.54. The Morgan fingerprint density at radius 2 is 2.33 bits per heavy atom. The number of aryl methyl sites for hydroxylation is 1. The Hall–Kier alpha value is -1.00. The molecule has 0 aliphatic heterocycles. The van der Waals surface area contributed by atoms with Crippen LogP contribution in [0.4, 0.5) is 0 Å². The van der Waals surface area contributed by atoms with Crippen molar-refractivity contribution in [2.75, 3.05) is 12.8 Å². The Labute approximate surface area is 112 Å². The number of hydrogen-bond donors (Lipinski definition) is 2. The number of nitrogens with zero attached hydrogens (tertiary/aromatic N) is 1. The fourth-order valence-corrected chi connectivity index (χ4v) is 3.41. The lowest BCUT2D eigenvalue weighted by atomic mass is 10.2. The minimum atomic E-state index is 0.630. The summed E-state index contributed by atoms with van der Waals surface area (Å²) in [5.74, 6) is 1.98. The number of aromatic amines is 1. The van der Waals surface area contributed by atoms with E-state index in [9.17, 15) is 0 Å². The second kappa shape index (κ2) is 4.94. The zero-order valence-corrected chi connectivity index (χ0v) is 11.7. The molecule has 0 spiro atoms. The van der Waals surface area contributed by atoms with Gasteiger partial charge in [0.1, 0.15) is 0 Å². The Morgan fingerprint density at radius 1 is 1.50 bits per heavy atom. The van der Waals surface area contributed by atoms with Crippen LogP contribution in [0.3, 0.4) is 0 Å². The first-order valence-corrected chi connectivity index (χ1v) is 7.51.